The molecule has 0 saturated carbocycles. The van der Waals surface area contributed by atoms with E-state index in [1.54, 1.807) is 0 Å². The molecular formula is C7H20N3O3+. The van der Waals surface area contributed by atoms with Crippen LogP contribution in [0.4, 0.5) is 0 Å². The Morgan fingerprint density at radius 3 is 1.77 bits per heavy atom. The molecule has 0 unspecified atom stereocenters. The maximum absolute atomic E-state index is 8.82. The van der Waals surface area contributed by atoms with Crippen LogP contribution in [0.2, 0.25) is 0 Å². The Balaban J connectivity index is 3.84. The van der Waals surface area contributed by atoms with Gasteiger partial charge in [-0.25, -0.2) is 0 Å². The Labute approximate surface area is 78.3 Å². The number of aliphatic hydroxyl groups is 1. The van der Waals surface area contributed by atoms with Gasteiger partial charge >= 0.3 is 0 Å². The van der Waals surface area contributed by atoms with Gasteiger partial charge < -0.3 is 20.0 Å². The first-order valence-electron chi connectivity index (χ1n) is 4.37. The molecule has 0 spiro atoms. The number of aliphatic hydroxyl groups excluding tert-OH is 1. The van der Waals surface area contributed by atoms with E-state index in [2.05, 4.69) is 11.0 Å². The number of nitrogens with zero attached hydrogens (tertiary/aromatic N) is 1. The zero-order chi connectivity index (χ0) is 10.2. The Hall–Kier alpha value is -0.240. The van der Waals surface area contributed by atoms with Gasteiger partial charge in [-0.1, -0.05) is 0 Å². The molecule has 0 aliphatic rings. The molecule has 0 fully saturated rings. The normalized spacial score (nSPS) is 12.0. The third kappa shape index (κ3) is 5.92. The second kappa shape index (κ2) is 7.19. The quantitative estimate of drug-likeness (QED) is 0.237. The Morgan fingerprint density at radius 2 is 1.46 bits per heavy atom. The van der Waals surface area contributed by atoms with Crippen molar-refractivity contribution in [2.24, 2.45) is 0 Å². The molecule has 6 heteroatoms. The molecule has 0 saturated heterocycles. The van der Waals surface area contributed by atoms with E-state index in [-0.39, 0.29) is 6.61 Å². The van der Waals surface area contributed by atoms with Crippen LogP contribution in [0.15, 0.2) is 0 Å². The van der Waals surface area contributed by atoms with E-state index in [1.807, 2.05) is 7.05 Å². The van der Waals surface area contributed by atoms with Crippen LogP contribution in [-0.4, -0.2) is 66.4 Å². The lowest BCUT2D eigenvalue weighted by atomic mass is 10.3. The lowest BCUT2D eigenvalue weighted by molar-refractivity contribution is -0.908. The molecule has 0 atom stereocenters. The molecule has 5 N–H and O–H groups in total. The molecule has 0 aliphatic carbocycles. The molecule has 0 radical (unpaired) electrons. The lowest BCUT2D eigenvalue weighted by Gasteiger charge is -2.33. The number of hydrogen-bond donors (Lipinski definition) is 5. The lowest BCUT2D eigenvalue weighted by Crippen LogP contribution is -2.52. The molecule has 0 rings (SSSR count). The van der Waals surface area contributed by atoms with E-state index in [4.69, 9.17) is 15.5 Å². The van der Waals surface area contributed by atoms with Crippen molar-refractivity contribution in [3.8, 4) is 0 Å². The van der Waals surface area contributed by atoms with E-state index in [1.165, 1.54) is 0 Å². The Bertz CT molecular complexity index is 116. The molecule has 0 amide bonds. The highest BCUT2D eigenvalue weighted by Crippen LogP contribution is 1.99. The van der Waals surface area contributed by atoms with Gasteiger partial charge in [0.15, 0.2) is 0 Å². The van der Waals surface area contributed by atoms with Crippen LogP contribution < -0.4 is 11.0 Å². The third-order valence-electron chi connectivity index (χ3n) is 2.17. The fourth-order valence-electron chi connectivity index (χ4n) is 1.22. The molecule has 13 heavy (non-hydrogen) atoms. The maximum Gasteiger partial charge on any atom is 0.102 e. The maximum atomic E-state index is 8.82. The third-order valence-corrected chi connectivity index (χ3v) is 2.17. The fourth-order valence-corrected chi connectivity index (χ4v) is 1.22. The van der Waals surface area contributed by atoms with E-state index in [9.17, 15) is 0 Å². The summed E-state index contributed by atoms with van der Waals surface area (Å²) in [6.45, 7) is 3.08. The largest absolute Gasteiger partial charge is 0.391 e. The number of likely N-dealkylation sites (N-methyl/N-ethyl adjacent to an activating group) is 1. The van der Waals surface area contributed by atoms with Crippen LogP contribution >= 0.6 is 0 Å². The van der Waals surface area contributed by atoms with Gasteiger partial charge in [0, 0.05) is 0 Å². The first kappa shape index (κ1) is 12.8. The van der Waals surface area contributed by atoms with Crippen LogP contribution in [-0.2, 0) is 0 Å². The van der Waals surface area contributed by atoms with Crippen molar-refractivity contribution in [3.05, 3.63) is 0 Å². The molecule has 0 aromatic carbocycles. The van der Waals surface area contributed by atoms with Crippen molar-refractivity contribution >= 4 is 0 Å². The number of rotatable bonds is 8. The standard InChI is InChI=1S/C7H20N3O3/c1-10(6-7-11,4-2-8-12)5-3-9-13/h8-9,11-13H,2-7H2,1H3/q+1. The van der Waals surface area contributed by atoms with Crippen LogP contribution in [0.5, 0.6) is 0 Å². The summed E-state index contributed by atoms with van der Waals surface area (Å²) in [5.41, 5.74) is 4.16. The molecular weight excluding hydrogens is 174 g/mol. The highest BCUT2D eigenvalue weighted by molar-refractivity contribution is 4.43. The van der Waals surface area contributed by atoms with E-state index < -0.39 is 0 Å². The number of nitrogens with one attached hydrogen (secondary N) is 2. The predicted octanol–water partition coefficient (Wildman–Crippen LogP) is -1.62. The SMILES string of the molecule is C[N+](CCO)(CCNO)CCNO. The summed E-state index contributed by atoms with van der Waals surface area (Å²) in [6.07, 6.45) is 0. The van der Waals surface area contributed by atoms with Crippen molar-refractivity contribution in [2.45, 2.75) is 0 Å². The highest BCUT2D eigenvalue weighted by Gasteiger charge is 2.19. The van der Waals surface area contributed by atoms with Gasteiger partial charge in [0.2, 0.25) is 0 Å². The summed E-state index contributed by atoms with van der Waals surface area (Å²) in [7, 11) is 1.96. The smallest absolute Gasteiger partial charge is 0.102 e. The Kier molecular flexibility index (Phi) is 7.06. The van der Waals surface area contributed by atoms with Gasteiger partial charge in [0.25, 0.3) is 0 Å². The van der Waals surface area contributed by atoms with Gasteiger partial charge in [0.05, 0.1) is 39.8 Å². The fraction of sp³-hybridized carbons (Fsp3) is 1.00. The molecule has 6 nitrogen and oxygen atoms in total. The summed E-state index contributed by atoms with van der Waals surface area (Å²) >= 11 is 0. The minimum absolute atomic E-state index is 0.105. The van der Waals surface area contributed by atoms with Crippen LogP contribution in [0.3, 0.4) is 0 Å². The number of hydrogen-bond acceptors (Lipinski definition) is 5. The minimum atomic E-state index is 0.105. The Morgan fingerprint density at radius 1 is 1.00 bits per heavy atom. The summed E-state index contributed by atoms with van der Waals surface area (Å²) in [5.74, 6) is 0. The molecule has 0 aromatic heterocycles. The summed E-state index contributed by atoms with van der Waals surface area (Å²) in [6, 6.07) is 0. The van der Waals surface area contributed by atoms with Crippen LogP contribution in [0.1, 0.15) is 0 Å². The van der Waals surface area contributed by atoms with Crippen molar-refractivity contribution < 1.29 is 20.0 Å². The average molecular weight is 194 g/mol. The monoisotopic (exact) mass is 194 g/mol. The first-order chi connectivity index (χ1) is 6.18. The average Bonchev–Trinajstić information content (AvgIpc) is 2.12. The summed E-state index contributed by atoms with van der Waals surface area (Å²) in [4.78, 5) is 0. The zero-order valence-corrected chi connectivity index (χ0v) is 8.03. The second-order valence-electron chi connectivity index (χ2n) is 3.33. The van der Waals surface area contributed by atoms with Gasteiger partial charge in [-0.3, -0.25) is 0 Å². The van der Waals surface area contributed by atoms with Crippen molar-refractivity contribution in [1.82, 2.24) is 11.0 Å². The molecule has 0 aliphatic heterocycles. The van der Waals surface area contributed by atoms with Gasteiger partial charge in [-0.05, 0) is 0 Å². The van der Waals surface area contributed by atoms with E-state index in [0.717, 1.165) is 0 Å². The summed E-state index contributed by atoms with van der Waals surface area (Å²) < 4.78 is 0.609. The van der Waals surface area contributed by atoms with Gasteiger partial charge in [-0.15, -0.1) is 0 Å². The molecule has 0 aromatic rings. The number of hydroxylamine groups is 2. The van der Waals surface area contributed by atoms with E-state index >= 15 is 0 Å². The van der Waals surface area contributed by atoms with Gasteiger partial charge in [-0.2, -0.15) is 11.0 Å². The summed E-state index contributed by atoms with van der Waals surface area (Å²) in [5, 5.41) is 25.7. The van der Waals surface area contributed by atoms with Crippen molar-refractivity contribution in [3.63, 3.8) is 0 Å². The van der Waals surface area contributed by atoms with Crippen molar-refractivity contribution in [1.29, 1.82) is 0 Å². The molecule has 0 bridgehead atoms. The van der Waals surface area contributed by atoms with E-state index in [0.29, 0.717) is 37.2 Å². The second-order valence-corrected chi connectivity index (χ2v) is 3.33. The topological polar surface area (TPSA) is 84.8 Å². The van der Waals surface area contributed by atoms with Gasteiger partial charge in [0.1, 0.15) is 6.54 Å². The van der Waals surface area contributed by atoms with Crippen LogP contribution in [0.25, 0.3) is 0 Å². The zero-order valence-electron chi connectivity index (χ0n) is 8.03. The molecule has 0 heterocycles. The van der Waals surface area contributed by atoms with Crippen LogP contribution in [0, 0.1) is 0 Å². The predicted molar refractivity (Wildman–Crippen MR) is 47.4 cm³/mol. The van der Waals surface area contributed by atoms with Crippen molar-refractivity contribution in [2.75, 3.05) is 46.4 Å². The highest BCUT2D eigenvalue weighted by atomic mass is 16.5. The minimum Gasteiger partial charge on any atom is -0.391 e. The first-order valence-corrected chi connectivity index (χ1v) is 4.37. The number of quaternary nitrogens is 1. The molecule has 80 valence electrons.